The Morgan fingerprint density at radius 1 is 1.20 bits per heavy atom. The molecule has 0 saturated heterocycles. The minimum Gasteiger partial charge on any atom is -0.507 e. The highest BCUT2D eigenvalue weighted by Crippen LogP contribution is 2.31. The molecule has 0 amide bonds. The lowest BCUT2D eigenvalue weighted by Crippen LogP contribution is -1.86. The first-order valence-electron chi connectivity index (χ1n) is 4.58. The van der Waals surface area contributed by atoms with Gasteiger partial charge in [0.2, 0.25) is 0 Å². The van der Waals surface area contributed by atoms with Crippen LogP contribution in [0.25, 0.3) is 11.1 Å². The van der Waals surface area contributed by atoms with Gasteiger partial charge >= 0.3 is 0 Å². The van der Waals surface area contributed by atoms with Crippen LogP contribution in [0, 0.1) is 12.7 Å². The maximum Gasteiger partial charge on any atom is 0.124 e. The van der Waals surface area contributed by atoms with Crippen LogP contribution in [0.5, 0.6) is 5.75 Å². The summed E-state index contributed by atoms with van der Waals surface area (Å²) in [5.41, 5.74) is 2.17. The smallest absolute Gasteiger partial charge is 0.124 e. The molecule has 0 saturated carbocycles. The summed E-state index contributed by atoms with van der Waals surface area (Å²) in [6.07, 6.45) is 3.28. The number of pyridine rings is 1. The summed E-state index contributed by atoms with van der Waals surface area (Å²) in [7, 11) is 0. The van der Waals surface area contributed by atoms with E-state index in [0.717, 1.165) is 11.1 Å². The molecule has 76 valence electrons. The molecule has 15 heavy (non-hydrogen) atoms. The van der Waals surface area contributed by atoms with Crippen molar-refractivity contribution in [3.63, 3.8) is 0 Å². The highest BCUT2D eigenvalue weighted by Gasteiger charge is 2.07. The zero-order chi connectivity index (χ0) is 10.8. The van der Waals surface area contributed by atoms with Crippen molar-refractivity contribution in [2.75, 3.05) is 0 Å². The fourth-order valence-corrected chi connectivity index (χ4v) is 1.47. The second-order valence-electron chi connectivity index (χ2n) is 3.35. The minimum atomic E-state index is -0.369. The molecule has 0 bridgehead atoms. The Morgan fingerprint density at radius 2 is 2.00 bits per heavy atom. The van der Waals surface area contributed by atoms with E-state index in [9.17, 15) is 9.50 Å². The normalized spacial score (nSPS) is 10.3. The van der Waals surface area contributed by atoms with Gasteiger partial charge in [0.05, 0.1) is 0 Å². The van der Waals surface area contributed by atoms with E-state index < -0.39 is 0 Å². The third-order valence-electron chi connectivity index (χ3n) is 2.29. The lowest BCUT2D eigenvalue weighted by molar-refractivity contribution is 0.475. The van der Waals surface area contributed by atoms with Gasteiger partial charge in [-0.15, -0.1) is 0 Å². The maximum atomic E-state index is 13.0. The number of aryl methyl sites for hydroxylation is 1. The van der Waals surface area contributed by atoms with Crippen LogP contribution in [0.1, 0.15) is 5.56 Å². The predicted octanol–water partition coefficient (Wildman–Crippen LogP) is 2.90. The number of nitrogens with zero attached hydrogens (tertiary/aromatic N) is 1. The van der Waals surface area contributed by atoms with E-state index >= 15 is 0 Å². The van der Waals surface area contributed by atoms with Crippen molar-refractivity contribution >= 4 is 0 Å². The fourth-order valence-electron chi connectivity index (χ4n) is 1.47. The highest BCUT2D eigenvalue weighted by atomic mass is 19.1. The Kier molecular flexibility index (Phi) is 2.37. The van der Waals surface area contributed by atoms with Crippen LogP contribution in [-0.2, 0) is 0 Å². The van der Waals surface area contributed by atoms with Gasteiger partial charge < -0.3 is 5.11 Å². The van der Waals surface area contributed by atoms with Gasteiger partial charge in [0.1, 0.15) is 11.6 Å². The van der Waals surface area contributed by atoms with Gasteiger partial charge in [-0.2, -0.15) is 0 Å². The molecule has 2 nitrogen and oxygen atoms in total. The van der Waals surface area contributed by atoms with Crippen molar-refractivity contribution in [1.82, 2.24) is 4.98 Å². The number of phenolic OH excluding ortho intramolecular Hbond substituents is 1. The third kappa shape index (κ3) is 1.81. The lowest BCUT2D eigenvalue weighted by atomic mass is 10.0. The predicted molar refractivity (Wildman–Crippen MR) is 56.0 cm³/mol. The van der Waals surface area contributed by atoms with Crippen LogP contribution in [0.15, 0.2) is 36.7 Å². The zero-order valence-corrected chi connectivity index (χ0v) is 8.24. The first-order chi connectivity index (χ1) is 7.18. The van der Waals surface area contributed by atoms with E-state index in [1.54, 1.807) is 12.4 Å². The Labute approximate surface area is 87.0 Å². The molecule has 0 radical (unpaired) electrons. The van der Waals surface area contributed by atoms with Crippen LogP contribution in [-0.4, -0.2) is 10.1 Å². The van der Waals surface area contributed by atoms with Gasteiger partial charge in [-0.25, -0.2) is 4.39 Å². The quantitative estimate of drug-likeness (QED) is 0.773. The van der Waals surface area contributed by atoms with Crippen molar-refractivity contribution < 1.29 is 9.50 Å². The van der Waals surface area contributed by atoms with E-state index in [1.807, 2.05) is 13.0 Å². The molecular weight excluding hydrogens is 193 g/mol. The molecule has 0 unspecified atom stereocenters. The zero-order valence-electron chi connectivity index (χ0n) is 8.24. The summed E-state index contributed by atoms with van der Waals surface area (Å²) in [5.74, 6) is -0.307. The minimum absolute atomic E-state index is 0.0625. The fraction of sp³-hybridized carbons (Fsp3) is 0.0833. The van der Waals surface area contributed by atoms with Crippen LogP contribution >= 0.6 is 0 Å². The van der Waals surface area contributed by atoms with Gasteiger partial charge in [0.15, 0.2) is 0 Å². The van der Waals surface area contributed by atoms with Gasteiger partial charge in [0, 0.05) is 23.5 Å². The van der Waals surface area contributed by atoms with Crippen LogP contribution < -0.4 is 0 Å². The van der Waals surface area contributed by atoms with E-state index in [4.69, 9.17) is 0 Å². The topological polar surface area (TPSA) is 33.1 Å². The SMILES string of the molecule is Cc1ccncc1-c1cc(F)ccc1O. The van der Waals surface area contributed by atoms with Crippen molar-refractivity contribution in [2.45, 2.75) is 6.92 Å². The summed E-state index contributed by atoms with van der Waals surface area (Å²) < 4.78 is 13.0. The average Bonchev–Trinajstić information content (AvgIpc) is 2.23. The number of hydrogen-bond acceptors (Lipinski definition) is 2. The lowest BCUT2D eigenvalue weighted by Gasteiger charge is -2.07. The molecule has 1 aromatic heterocycles. The summed E-state index contributed by atoms with van der Waals surface area (Å²) in [6, 6.07) is 5.70. The second kappa shape index (κ2) is 3.69. The van der Waals surface area contributed by atoms with Crippen molar-refractivity contribution in [1.29, 1.82) is 0 Å². The molecule has 0 aliphatic carbocycles. The summed E-state index contributed by atoms with van der Waals surface area (Å²) in [5, 5.41) is 9.62. The number of hydrogen-bond donors (Lipinski definition) is 1. The van der Waals surface area contributed by atoms with Crippen LogP contribution in [0.4, 0.5) is 4.39 Å². The van der Waals surface area contributed by atoms with Crippen molar-refractivity contribution in [3.05, 3.63) is 48.0 Å². The second-order valence-corrected chi connectivity index (χ2v) is 3.35. The number of aromatic nitrogens is 1. The van der Waals surface area contributed by atoms with Crippen molar-refractivity contribution in [3.8, 4) is 16.9 Å². The number of phenols is 1. The van der Waals surface area contributed by atoms with E-state index in [2.05, 4.69) is 4.98 Å². The summed E-state index contributed by atoms with van der Waals surface area (Å²) >= 11 is 0. The Balaban J connectivity index is 2.64. The largest absolute Gasteiger partial charge is 0.507 e. The molecule has 0 aliphatic rings. The Bertz CT molecular complexity index is 497. The molecule has 1 N–H and O–H groups in total. The molecule has 1 aromatic carbocycles. The van der Waals surface area contributed by atoms with Gasteiger partial charge in [-0.3, -0.25) is 4.98 Å². The van der Waals surface area contributed by atoms with E-state index in [1.165, 1.54) is 18.2 Å². The molecule has 0 spiro atoms. The summed E-state index contributed by atoms with van der Waals surface area (Å²) in [4.78, 5) is 3.96. The standard InChI is InChI=1S/C12H10FNO/c1-8-4-5-14-7-11(8)10-6-9(13)2-3-12(10)15/h2-7,15H,1H3. The number of rotatable bonds is 1. The van der Waals surface area contributed by atoms with E-state index in [-0.39, 0.29) is 11.6 Å². The Hall–Kier alpha value is -1.90. The number of aromatic hydroxyl groups is 1. The van der Waals surface area contributed by atoms with Crippen molar-refractivity contribution in [2.24, 2.45) is 0 Å². The van der Waals surface area contributed by atoms with Crippen LogP contribution in [0.3, 0.4) is 0 Å². The molecule has 3 heteroatoms. The molecule has 2 aromatic rings. The number of halogens is 1. The first-order valence-corrected chi connectivity index (χ1v) is 4.58. The molecule has 0 atom stereocenters. The van der Waals surface area contributed by atoms with E-state index in [0.29, 0.717) is 5.56 Å². The van der Waals surface area contributed by atoms with Gasteiger partial charge in [-0.1, -0.05) is 0 Å². The summed E-state index contributed by atoms with van der Waals surface area (Å²) in [6.45, 7) is 1.89. The molecule has 2 rings (SSSR count). The number of benzene rings is 1. The highest BCUT2D eigenvalue weighted by molar-refractivity contribution is 5.71. The van der Waals surface area contributed by atoms with Crippen LogP contribution in [0.2, 0.25) is 0 Å². The molecule has 0 fully saturated rings. The average molecular weight is 203 g/mol. The third-order valence-corrected chi connectivity index (χ3v) is 2.29. The molecule has 0 aliphatic heterocycles. The molecule has 1 heterocycles. The molecular formula is C12H10FNO. The van der Waals surface area contributed by atoms with Gasteiger partial charge in [0.25, 0.3) is 0 Å². The monoisotopic (exact) mass is 203 g/mol. The maximum absolute atomic E-state index is 13.0. The van der Waals surface area contributed by atoms with Gasteiger partial charge in [-0.05, 0) is 36.8 Å². The first kappa shape index (κ1) is 9.65. The Morgan fingerprint density at radius 3 is 2.73 bits per heavy atom.